The van der Waals surface area contributed by atoms with Crippen LogP contribution in [0.5, 0.6) is 0 Å². The van der Waals surface area contributed by atoms with Gasteiger partial charge in [0.1, 0.15) is 12.7 Å². The molecule has 3 fully saturated rings. The van der Waals surface area contributed by atoms with Gasteiger partial charge in [0.2, 0.25) is 5.60 Å². The Balaban J connectivity index is 1.96. The quantitative estimate of drug-likeness (QED) is 0.527. The highest BCUT2D eigenvalue weighted by Gasteiger charge is 2.75. The van der Waals surface area contributed by atoms with Crippen molar-refractivity contribution in [2.45, 2.75) is 44.8 Å². The van der Waals surface area contributed by atoms with Gasteiger partial charge in [-0.15, -0.1) is 0 Å². The summed E-state index contributed by atoms with van der Waals surface area (Å²) in [5.74, 6) is -0.658. The van der Waals surface area contributed by atoms with Gasteiger partial charge in [0.15, 0.2) is 0 Å². The maximum atomic E-state index is 12.1. The van der Waals surface area contributed by atoms with Crippen molar-refractivity contribution >= 4 is 11.9 Å². The van der Waals surface area contributed by atoms with Crippen LogP contribution in [-0.2, 0) is 19.1 Å². The molecule has 0 radical (unpaired) electrons. The number of hydrogen-bond acceptors (Lipinski definition) is 5. The van der Waals surface area contributed by atoms with Gasteiger partial charge in [-0.25, -0.2) is 4.79 Å². The van der Waals surface area contributed by atoms with Gasteiger partial charge in [0, 0.05) is 5.41 Å². The summed E-state index contributed by atoms with van der Waals surface area (Å²) in [5.41, 5.74) is -1.76. The van der Waals surface area contributed by atoms with E-state index in [0.29, 0.717) is 18.8 Å². The second kappa shape index (κ2) is 3.27. The van der Waals surface area contributed by atoms with Gasteiger partial charge >= 0.3 is 11.9 Å². The molecule has 0 amide bonds. The second-order valence-corrected chi connectivity index (χ2v) is 6.94. The fourth-order valence-electron chi connectivity index (χ4n) is 4.90. The Morgan fingerprint density at radius 3 is 2.90 bits per heavy atom. The first-order valence-electron chi connectivity index (χ1n) is 7.15. The lowest BCUT2D eigenvalue weighted by Crippen LogP contribution is -2.67. The van der Waals surface area contributed by atoms with E-state index in [1.165, 1.54) is 0 Å². The lowest BCUT2D eigenvalue weighted by atomic mass is 9.50. The van der Waals surface area contributed by atoms with Crippen molar-refractivity contribution in [2.24, 2.45) is 16.7 Å². The van der Waals surface area contributed by atoms with E-state index < -0.39 is 23.1 Å². The topological polar surface area (TPSA) is 72.8 Å². The minimum atomic E-state index is -1.73. The molecule has 0 aromatic carbocycles. The van der Waals surface area contributed by atoms with Crippen LogP contribution >= 0.6 is 0 Å². The zero-order chi connectivity index (χ0) is 14.3. The molecule has 1 spiro atoms. The lowest BCUT2D eigenvalue weighted by Gasteiger charge is -2.56. The molecule has 108 valence electrons. The number of fused-ring (bicyclic) bond motifs is 4. The number of cyclic esters (lactones) is 1. The molecule has 2 bridgehead atoms. The molecule has 2 aliphatic heterocycles. The Hall–Kier alpha value is -1.36. The Morgan fingerprint density at radius 2 is 2.15 bits per heavy atom. The highest BCUT2D eigenvalue weighted by Crippen LogP contribution is 2.67. The van der Waals surface area contributed by atoms with E-state index in [1.54, 1.807) is 0 Å². The molecule has 0 aromatic heterocycles. The number of allylic oxidation sites excluding steroid dienone is 1. The first-order chi connectivity index (χ1) is 9.34. The van der Waals surface area contributed by atoms with Crippen molar-refractivity contribution in [3.8, 4) is 0 Å². The zero-order valence-corrected chi connectivity index (χ0v) is 11.6. The molecular formula is C15H18O5. The van der Waals surface area contributed by atoms with E-state index in [9.17, 15) is 14.7 Å². The molecule has 5 atom stereocenters. The maximum absolute atomic E-state index is 12.1. The van der Waals surface area contributed by atoms with Crippen molar-refractivity contribution < 1.29 is 24.2 Å². The largest absolute Gasteiger partial charge is 0.462 e. The van der Waals surface area contributed by atoms with Crippen molar-refractivity contribution in [2.75, 3.05) is 6.61 Å². The predicted octanol–water partition coefficient (Wildman–Crippen LogP) is 0.952. The summed E-state index contributed by atoms with van der Waals surface area (Å²) in [6.07, 6.45) is 3.05. The third kappa shape index (κ3) is 1.04. The van der Waals surface area contributed by atoms with E-state index >= 15 is 0 Å². The second-order valence-electron chi connectivity index (χ2n) is 6.94. The highest BCUT2D eigenvalue weighted by atomic mass is 16.6. The molecule has 2 saturated heterocycles. The minimum Gasteiger partial charge on any atom is -0.462 e. The van der Waals surface area contributed by atoms with Crippen molar-refractivity contribution in [3.63, 3.8) is 0 Å². The Bertz CT molecular complexity index is 567. The van der Waals surface area contributed by atoms with Crippen LogP contribution in [0.3, 0.4) is 0 Å². The summed E-state index contributed by atoms with van der Waals surface area (Å²) in [5, 5.41) is 11.0. The lowest BCUT2D eigenvalue weighted by molar-refractivity contribution is -0.213. The van der Waals surface area contributed by atoms with E-state index in [-0.39, 0.29) is 18.0 Å². The first kappa shape index (κ1) is 12.4. The smallest absolute Gasteiger partial charge is 0.343 e. The molecule has 2 heterocycles. The fraction of sp³-hybridized carbons (Fsp3) is 0.733. The Morgan fingerprint density at radius 1 is 1.40 bits per heavy atom. The third-order valence-corrected chi connectivity index (χ3v) is 6.14. The summed E-state index contributed by atoms with van der Waals surface area (Å²) in [6.45, 7) is 4.16. The third-order valence-electron chi connectivity index (χ3n) is 6.14. The van der Waals surface area contributed by atoms with Crippen LogP contribution in [0.4, 0.5) is 0 Å². The van der Waals surface area contributed by atoms with Gasteiger partial charge in [0.25, 0.3) is 0 Å². The van der Waals surface area contributed by atoms with Gasteiger partial charge in [-0.3, -0.25) is 4.79 Å². The summed E-state index contributed by atoms with van der Waals surface area (Å²) in [6, 6.07) is 0. The molecule has 1 N–H and O–H groups in total. The molecule has 20 heavy (non-hydrogen) atoms. The van der Waals surface area contributed by atoms with Crippen molar-refractivity contribution in [1.29, 1.82) is 0 Å². The van der Waals surface area contributed by atoms with Crippen LogP contribution in [0.15, 0.2) is 11.6 Å². The fourth-order valence-corrected chi connectivity index (χ4v) is 4.90. The van der Waals surface area contributed by atoms with Gasteiger partial charge in [-0.05, 0) is 25.7 Å². The molecular weight excluding hydrogens is 260 g/mol. The average Bonchev–Trinajstić information content (AvgIpc) is 2.81. The average molecular weight is 278 g/mol. The Labute approximate surface area is 116 Å². The first-order valence-corrected chi connectivity index (χ1v) is 7.15. The molecule has 2 aliphatic carbocycles. The predicted molar refractivity (Wildman–Crippen MR) is 67.4 cm³/mol. The van der Waals surface area contributed by atoms with E-state index in [0.717, 1.165) is 12.0 Å². The molecule has 0 unspecified atom stereocenters. The molecule has 1 saturated carbocycles. The highest BCUT2D eigenvalue weighted by molar-refractivity contribution is 5.87. The number of esters is 2. The number of carbonyl (C=O) groups excluding carboxylic acids is 2. The SMILES string of the molecule is C[C@@H]1CC=C2[C@]13CC(=O)O[C@H](C3)[C@@]1(O)C(=O)OC[C@@]21C. The van der Waals surface area contributed by atoms with Gasteiger partial charge in [-0.2, -0.15) is 0 Å². The molecule has 4 rings (SSSR count). The zero-order valence-electron chi connectivity index (χ0n) is 11.6. The number of ether oxygens (including phenoxy) is 2. The summed E-state index contributed by atoms with van der Waals surface area (Å²) in [7, 11) is 0. The van der Waals surface area contributed by atoms with Crippen molar-refractivity contribution in [3.05, 3.63) is 11.6 Å². The van der Waals surface area contributed by atoms with Crippen LogP contribution in [0.2, 0.25) is 0 Å². The standard InChI is InChI=1S/C15H18O5/c1-8-3-4-9-13(2)7-19-12(17)15(13,18)10-5-14(8,9)6-11(16)20-10/h4,8,10,18H,3,5-7H2,1-2H3/t8-,10-,13+,14-,15-/m1/s1. The van der Waals surface area contributed by atoms with Crippen LogP contribution in [0.25, 0.3) is 0 Å². The Kier molecular flexibility index (Phi) is 2.03. The van der Waals surface area contributed by atoms with Crippen LogP contribution in [-0.4, -0.2) is 35.4 Å². The number of carbonyl (C=O) groups is 2. The van der Waals surface area contributed by atoms with E-state index in [4.69, 9.17) is 9.47 Å². The summed E-state index contributed by atoms with van der Waals surface area (Å²) in [4.78, 5) is 24.1. The van der Waals surface area contributed by atoms with Gasteiger partial charge < -0.3 is 14.6 Å². The number of aliphatic hydroxyl groups is 1. The number of rotatable bonds is 0. The van der Waals surface area contributed by atoms with Crippen LogP contribution < -0.4 is 0 Å². The molecule has 5 nitrogen and oxygen atoms in total. The molecule has 4 aliphatic rings. The summed E-state index contributed by atoms with van der Waals surface area (Å²) >= 11 is 0. The van der Waals surface area contributed by atoms with Gasteiger partial charge in [0.05, 0.1) is 11.8 Å². The van der Waals surface area contributed by atoms with Crippen molar-refractivity contribution in [1.82, 2.24) is 0 Å². The monoisotopic (exact) mass is 278 g/mol. The normalized spacial score (nSPS) is 52.9. The van der Waals surface area contributed by atoms with Crippen LogP contribution in [0, 0.1) is 16.7 Å². The molecule has 0 aromatic rings. The number of hydrogen-bond donors (Lipinski definition) is 1. The van der Waals surface area contributed by atoms with E-state index in [2.05, 4.69) is 13.0 Å². The van der Waals surface area contributed by atoms with E-state index in [1.807, 2.05) is 6.92 Å². The van der Waals surface area contributed by atoms with Crippen LogP contribution in [0.1, 0.15) is 33.1 Å². The minimum absolute atomic E-state index is 0.163. The maximum Gasteiger partial charge on any atom is 0.343 e. The summed E-state index contributed by atoms with van der Waals surface area (Å²) < 4.78 is 10.5. The molecule has 5 heteroatoms. The van der Waals surface area contributed by atoms with Gasteiger partial charge in [-0.1, -0.05) is 18.6 Å².